The van der Waals surface area contributed by atoms with Crippen LogP contribution in [0.5, 0.6) is 0 Å². The van der Waals surface area contributed by atoms with Gasteiger partial charge in [0.2, 0.25) is 17.7 Å². The van der Waals surface area contributed by atoms with Crippen LogP contribution in [0.15, 0.2) is 52.9 Å². The molecule has 1 aromatic heterocycles. The summed E-state index contributed by atoms with van der Waals surface area (Å²) in [6.45, 7) is 2.07. The summed E-state index contributed by atoms with van der Waals surface area (Å²) in [5, 5.41) is 0. The van der Waals surface area contributed by atoms with Crippen molar-refractivity contribution >= 4 is 11.8 Å². The SMILES string of the molecule is Cc1oc(-c2ccc(F)cc2)nc1CC(=O)N(C)Cc1cccc(C(N)=O)c1. The van der Waals surface area contributed by atoms with Crippen LogP contribution in [0.2, 0.25) is 0 Å². The van der Waals surface area contributed by atoms with Gasteiger partial charge in [-0.05, 0) is 48.9 Å². The van der Waals surface area contributed by atoms with Gasteiger partial charge in [0.15, 0.2) is 0 Å². The van der Waals surface area contributed by atoms with Gasteiger partial charge in [0, 0.05) is 24.7 Å². The number of aryl methyl sites for hydroxylation is 1. The number of carbonyl (C=O) groups excluding carboxylic acids is 2. The topological polar surface area (TPSA) is 89.4 Å². The zero-order valence-corrected chi connectivity index (χ0v) is 15.6. The van der Waals surface area contributed by atoms with Crippen LogP contribution in [0.25, 0.3) is 11.5 Å². The molecule has 0 aliphatic heterocycles. The maximum atomic E-state index is 13.1. The molecule has 0 bridgehead atoms. The number of primary amides is 1. The molecule has 0 saturated carbocycles. The van der Waals surface area contributed by atoms with E-state index in [4.69, 9.17) is 10.2 Å². The Bertz CT molecular complexity index is 1010. The summed E-state index contributed by atoms with van der Waals surface area (Å²) < 4.78 is 18.7. The van der Waals surface area contributed by atoms with E-state index >= 15 is 0 Å². The number of carbonyl (C=O) groups is 2. The fourth-order valence-corrected chi connectivity index (χ4v) is 2.77. The largest absolute Gasteiger partial charge is 0.441 e. The molecular formula is C21H20FN3O3. The normalized spacial score (nSPS) is 10.7. The predicted octanol–water partition coefficient (Wildman–Crippen LogP) is 3.09. The molecule has 2 N–H and O–H groups in total. The van der Waals surface area contributed by atoms with E-state index in [0.717, 1.165) is 5.56 Å². The van der Waals surface area contributed by atoms with Crippen molar-refractivity contribution in [2.75, 3.05) is 7.05 Å². The van der Waals surface area contributed by atoms with Gasteiger partial charge in [-0.2, -0.15) is 0 Å². The first-order chi connectivity index (χ1) is 13.3. The third-order valence-corrected chi connectivity index (χ3v) is 4.36. The minimum atomic E-state index is -0.512. The average molecular weight is 381 g/mol. The second-order valence-corrected chi connectivity index (χ2v) is 6.52. The Kier molecular flexibility index (Phi) is 5.54. The third kappa shape index (κ3) is 4.43. The second-order valence-electron chi connectivity index (χ2n) is 6.52. The molecule has 0 aliphatic carbocycles. The van der Waals surface area contributed by atoms with Crippen LogP contribution in [0.3, 0.4) is 0 Å². The molecule has 28 heavy (non-hydrogen) atoms. The maximum Gasteiger partial charge on any atom is 0.248 e. The van der Waals surface area contributed by atoms with E-state index in [2.05, 4.69) is 4.98 Å². The van der Waals surface area contributed by atoms with Crippen LogP contribution < -0.4 is 5.73 Å². The van der Waals surface area contributed by atoms with Gasteiger partial charge in [-0.3, -0.25) is 9.59 Å². The highest BCUT2D eigenvalue weighted by atomic mass is 19.1. The summed E-state index contributed by atoms with van der Waals surface area (Å²) in [4.78, 5) is 29.8. The standard InChI is InChI=1S/C21H20FN3O3/c1-13-18(24-21(28-13)15-6-8-17(22)9-7-15)11-19(26)25(2)12-14-4-3-5-16(10-14)20(23)27/h3-10H,11-12H2,1-2H3,(H2,23,27). The second kappa shape index (κ2) is 8.04. The van der Waals surface area contributed by atoms with Crippen LogP contribution in [0.4, 0.5) is 4.39 Å². The lowest BCUT2D eigenvalue weighted by atomic mass is 10.1. The van der Waals surface area contributed by atoms with Crippen molar-refractivity contribution in [2.45, 2.75) is 19.9 Å². The van der Waals surface area contributed by atoms with E-state index in [1.807, 2.05) is 6.07 Å². The zero-order chi connectivity index (χ0) is 20.3. The summed E-state index contributed by atoms with van der Waals surface area (Å²) >= 11 is 0. The molecule has 0 radical (unpaired) electrons. The fraction of sp³-hybridized carbons (Fsp3) is 0.190. The third-order valence-electron chi connectivity index (χ3n) is 4.36. The van der Waals surface area contributed by atoms with Crippen LogP contribution in [0.1, 0.15) is 27.4 Å². The molecule has 0 aliphatic rings. The predicted molar refractivity (Wildman–Crippen MR) is 102 cm³/mol. The van der Waals surface area contributed by atoms with Gasteiger partial charge in [0.25, 0.3) is 0 Å². The summed E-state index contributed by atoms with van der Waals surface area (Å²) in [7, 11) is 1.68. The van der Waals surface area contributed by atoms with Crippen molar-refractivity contribution in [2.24, 2.45) is 5.73 Å². The number of nitrogens with two attached hydrogens (primary N) is 1. The molecule has 7 heteroatoms. The number of hydrogen-bond acceptors (Lipinski definition) is 4. The minimum Gasteiger partial charge on any atom is -0.441 e. The Hall–Kier alpha value is -3.48. The number of likely N-dealkylation sites (N-methyl/N-ethyl adjacent to an activating group) is 1. The smallest absolute Gasteiger partial charge is 0.248 e. The molecule has 0 fully saturated rings. The molecule has 144 valence electrons. The Morgan fingerprint density at radius 1 is 1.18 bits per heavy atom. The lowest BCUT2D eigenvalue weighted by molar-refractivity contribution is -0.129. The van der Waals surface area contributed by atoms with Crippen LogP contribution >= 0.6 is 0 Å². The van der Waals surface area contributed by atoms with Gasteiger partial charge in [0.1, 0.15) is 11.6 Å². The number of hydrogen-bond donors (Lipinski definition) is 1. The van der Waals surface area contributed by atoms with Gasteiger partial charge in [-0.1, -0.05) is 12.1 Å². The van der Waals surface area contributed by atoms with E-state index in [-0.39, 0.29) is 18.1 Å². The number of oxazole rings is 1. The first-order valence-electron chi connectivity index (χ1n) is 8.68. The van der Waals surface area contributed by atoms with Crippen molar-refractivity contribution < 1.29 is 18.4 Å². The Morgan fingerprint density at radius 3 is 2.57 bits per heavy atom. The van der Waals surface area contributed by atoms with E-state index in [1.165, 1.54) is 12.1 Å². The molecule has 0 saturated heterocycles. The Labute approximate surface area is 161 Å². The highest BCUT2D eigenvalue weighted by molar-refractivity contribution is 5.92. The first-order valence-corrected chi connectivity index (χ1v) is 8.68. The fourth-order valence-electron chi connectivity index (χ4n) is 2.77. The lowest BCUT2D eigenvalue weighted by Gasteiger charge is -2.17. The summed E-state index contributed by atoms with van der Waals surface area (Å²) in [6, 6.07) is 12.6. The summed E-state index contributed by atoms with van der Waals surface area (Å²) in [5.74, 6) is -0.118. The Balaban J connectivity index is 1.69. The van der Waals surface area contributed by atoms with Gasteiger partial charge >= 0.3 is 0 Å². The average Bonchev–Trinajstić information content (AvgIpc) is 3.03. The molecule has 6 nitrogen and oxygen atoms in total. The first kappa shape index (κ1) is 19.3. The van der Waals surface area contributed by atoms with Crippen molar-refractivity contribution in [3.8, 4) is 11.5 Å². The van der Waals surface area contributed by atoms with Crippen molar-refractivity contribution in [1.29, 1.82) is 0 Å². The zero-order valence-electron chi connectivity index (χ0n) is 15.6. The lowest BCUT2D eigenvalue weighted by Crippen LogP contribution is -2.28. The van der Waals surface area contributed by atoms with E-state index in [0.29, 0.717) is 35.0 Å². The molecule has 3 rings (SSSR count). The van der Waals surface area contributed by atoms with Gasteiger partial charge in [0.05, 0.1) is 12.1 Å². The number of benzene rings is 2. The number of amides is 2. The van der Waals surface area contributed by atoms with Gasteiger partial charge < -0.3 is 15.1 Å². The minimum absolute atomic E-state index is 0.0720. The molecule has 3 aromatic rings. The number of halogens is 1. The molecule has 0 spiro atoms. The highest BCUT2D eigenvalue weighted by Crippen LogP contribution is 2.22. The van der Waals surface area contributed by atoms with E-state index in [1.54, 1.807) is 49.2 Å². The van der Waals surface area contributed by atoms with Gasteiger partial charge in [-0.15, -0.1) is 0 Å². The molecule has 0 atom stereocenters. The molecular weight excluding hydrogens is 361 g/mol. The number of aromatic nitrogens is 1. The maximum absolute atomic E-state index is 13.1. The highest BCUT2D eigenvalue weighted by Gasteiger charge is 2.17. The molecule has 2 amide bonds. The number of rotatable bonds is 6. The van der Waals surface area contributed by atoms with E-state index < -0.39 is 5.91 Å². The van der Waals surface area contributed by atoms with Crippen LogP contribution in [-0.4, -0.2) is 28.7 Å². The van der Waals surface area contributed by atoms with Crippen molar-refractivity contribution in [3.63, 3.8) is 0 Å². The van der Waals surface area contributed by atoms with Crippen molar-refractivity contribution in [1.82, 2.24) is 9.88 Å². The van der Waals surface area contributed by atoms with E-state index in [9.17, 15) is 14.0 Å². The van der Waals surface area contributed by atoms with Crippen molar-refractivity contribution in [3.05, 3.63) is 76.9 Å². The Morgan fingerprint density at radius 2 is 1.89 bits per heavy atom. The monoisotopic (exact) mass is 381 g/mol. The van der Waals surface area contributed by atoms with Gasteiger partial charge in [-0.25, -0.2) is 9.37 Å². The van der Waals surface area contributed by atoms with Crippen LogP contribution in [-0.2, 0) is 17.8 Å². The molecule has 2 aromatic carbocycles. The molecule has 1 heterocycles. The summed E-state index contributed by atoms with van der Waals surface area (Å²) in [5.41, 5.74) is 7.66. The summed E-state index contributed by atoms with van der Waals surface area (Å²) in [6.07, 6.45) is 0.0720. The van der Waals surface area contributed by atoms with Crippen LogP contribution in [0, 0.1) is 12.7 Å². The number of nitrogens with zero attached hydrogens (tertiary/aromatic N) is 2. The quantitative estimate of drug-likeness (QED) is 0.710. The molecule has 0 unspecified atom stereocenters.